The largest absolute Gasteiger partial charge is 0.369 e. The Morgan fingerprint density at radius 1 is 1.28 bits per heavy atom. The van der Waals surface area contributed by atoms with Gasteiger partial charge >= 0.3 is 0 Å². The highest BCUT2D eigenvalue weighted by atomic mass is 15.2. The second kappa shape index (κ2) is 5.72. The van der Waals surface area contributed by atoms with Crippen molar-refractivity contribution in [1.82, 2.24) is 10.2 Å². The zero-order chi connectivity index (χ0) is 13.1. The summed E-state index contributed by atoms with van der Waals surface area (Å²) in [5, 5.41) is 3.26. The quantitative estimate of drug-likeness (QED) is 0.875. The van der Waals surface area contributed by atoms with E-state index in [9.17, 15) is 0 Å². The lowest BCUT2D eigenvalue weighted by molar-refractivity contribution is 0.266. The molecule has 0 saturated carbocycles. The summed E-state index contributed by atoms with van der Waals surface area (Å²) >= 11 is 0. The Morgan fingerprint density at radius 3 is 2.61 bits per heavy atom. The van der Waals surface area contributed by atoms with Crippen LogP contribution < -0.4 is 10.2 Å². The van der Waals surface area contributed by atoms with Gasteiger partial charge in [0.05, 0.1) is 0 Å². The van der Waals surface area contributed by atoms with Gasteiger partial charge < -0.3 is 15.1 Å². The maximum atomic E-state index is 3.26. The molecule has 0 aliphatic carbocycles. The maximum absolute atomic E-state index is 3.26. The minimum Gasteiger partial charge on any atom is -0.369 e. The number of hydrogen-bond donors (Lipinski definition) is 1. The molecule has 3 nitrogen and oxygen atoms in total. The third-order valence-corrected chi connectivity index (χ3v) is 3.94. The summed E-state index contributed by atoms with van der Waals surface area (Å²) in [4.78, 5) is 4.88. The van der Waals surface area contributed by atoms with Crippen molar-refractivity contribution < 1.29 is 0 Å². The van der Waals surface area contributed by atoms with Crippen LogP contribution in [0, 0.1) is 5.92 Å². The van der Waals surface area contributed by atoms with Crippen LogP contribution in [-0.4, -0.2) is 45.2 Å². The number of nitrogens with zero attached hydrogens (tertiary/aromatic N) is 2. The van der Waals surface area contributed by atoms with Crippen LogP contribution in [0.4, 0.5) is 5.69 Å². The molecule has 0 bridgehead atoms. The lowest BCUT2D eigenvalue weighted by Gasteiger charge is -2.24. The van der Waals surface area contributed by atoms with Crippen LogP contribution in [0.1, 0.15) is 12.5 Å². The topological polar surface area (TPSA) is 18.5 Å². The highest BCUT2D eigenvalue weighted by Gasteiger charge is 2.31. The number of nitrogens with one attached hydrogen (secondary N) is 1. The van der Waals surface area contributed by atoms with Gasteiger partial charge in [-0.2, -0.15) is 0 Å². The van der Waals surface area contributed by atoms with E-state index in [4.69, 9.17) is 0 Å². The minimum absolute atomic E-state index is 0.660. The zero-order valence-corrected chi connectivity index (χ0v) is 12.0. The molecule has 1 fully saturated rings. The Hall–Kier alpha value is -1.06. The smallest absolute Gasteiger partial charge is 0.0412 e. The van der Waals surface area contributed by atoms with Crippen molar-refractivity contribution in [1.29, 1.82) is 0 Å². The fraction of sp³-hybridized carbons (Fsp3) is 0.600. The first-order valence-electron chi connectivity index (χ1n) is 6.77. The third-order valence-electron chi connectivity index (χ3n) is 3.94. The average molecular weight is 247 g/mol. The Bertz CT molecular complexity index is 389. The molecule has 1 saturated heterocycles. The third kappa shape index (κ3) is 2.68. The maximum Gasteiger partial charge on any atom is 0.0412 e. The Morgan fingerprint density at radius 2 is 2.00 bits per heavy atom. The molecule has 2 unspecified atom stereocenters. The van der Waals surface area contributed by atoms with Crippen molar-refractivity contribution in [3.05, 3.63) is 29.8 Å². The fourth-order valence-corrected chi connectivity index (χ4v) is 2.98. The van der Waals surface area contributed by atoms with Crippen LogP contribution in [0.15, 0.2) is 24.3 Å². The summed E-state index contributed by atoms with van der Waals surface area (Å²) in [5.74, 6) is 0.725. The summed E-state index contributed by atoms with van der Waals surface area (Å²) in [7, 11) is 6.38. The summed E-state index contributed by atoms with van der Waals surface area (Å²) < 4.78 is 0. The number of rotatable bonds is 4. The number of benzene rings is 1. The molecule has 0 amide bonds. The Balaban J connectivity index is 2.18. The van der Waals surface area contributed by atoms with E-state index in [1.807, 2.05) is 7.05 Å². The second-order valence-corrected chi connectivity index (χ2v) is 5.57. The van der Waals surface area contributed by atoms with E-state index in [1.165, 1.54) is 11.3 Å². The zero-order valence-electron chi connectivity index (χ0n) is 12.0. The van der Waals surface area contributed by atoms with Gasteiger partial charge in [0.25, 0.3) is 0 Å². The Kier molecular flexibility index (Phi) is 4.25. The number of likely N-dealkylation sites (N-methyl/N-ethyl adjacent to an activating group) is 1. The molecule has 18 heavy (non-hydrogen) atoms. The van der Waals surface area contributed by atoms with Gasteiger partial charge in [0.15, 0.2) is 0 Å². The van der Waals surface area contributed by atoms with E-state index in [0.29, 0.717) is 6.04 Å². The van der Waals surface area contributed by atoms with Gasteiger partial charge in [-0.1, -0.05) is 25.1 Å². The van der Waals surface area contributed by atoms with E-state index in [0.717, 1.165) is 25.6 Å². The molecule has 1 aromatic rings. The minimum atomic E-state index is 0.660. The summed E-state index contributed by atoms with van der Waals surface area (Å²) in [6.45, 7) is 5.58. The highest BCUT2D eigenvalue weighted by Crippen LogP contribution is 2.28. The van der Waals surface area contributed by atoms with Crippen LogP contribution in [0.2, 0.25) is 0 Å². The lowest BCUT2D eigenvalue weighted by atomic mass is 10.1. The molecule has 0 spiro atoms. The van der Waals surface area contributed by atoms with Gasteiger partial charge in [0, 0.05) is 31.4 Å². The first-order chi connectivity index (χ1) is 8.63. The molecule has 2 atom stereocenters. The van der Waals surface area contributed by atoms with Crippen molar-refractivity contribution in [3.8, 4) is 0 Å². The summed E-state index contributed by atoms with van der Waals surface area (Å²) in [6, 6.07) is 9.39. The lowest BCUT2D eigenvalue weighted by Crippen LogP contribution is -2.34. The van der Waals surface area contributed by atoms with Crippen LogP contribution in [0.3, 0.4) is 0 Å². The van der Waals surface area contributed by atoms with E-state index >= 15 is 0 Å². The van der Waals surface area contributed by atoms with Gasteiger partial charge in [-0.3, -0.25) is 0 Å². The first-order valence-corrected chi connectivity index (χ1v) is 6.77. The van der Waals surface area contributed by atoms with E-state index < -0.39 is 0 Å². The summed E-state index contributed by atoms with van der Waals surface area (Å²) in [5.41, 5.74) is 2.79. The molecule has 0 aromatic heterocycles. The number of hydrogen-bond acceptors (Lipinski definition) is 3. The average Bonchev–Trinajstić information content (AvgIpc) is 2.72. The monoisotopic (exact) mass is 247 g/mol. The van der Waals surface area contributed by atoms with Gasteiger partial charge in [0.2, 0.25) is 0 Å². The molecular formula is C15H25N3. The van der Waals surface area contributed by atoms with Crippen molar-refractivity contribution in [2.75, 3.05) is 39.1 Å². The SMILES string of the molecule is CNCc1ccccc1N1CC(C)C(N(C)C)C1. The fourth-order valence-electron chi connectivity index (χ4n) is 2.98. The molecular weight excluding hydrogens is 222 g/mol. The number of para-hydroxylation sites is 1. The molecule has 1 aliphatic rings. The summed E-state index contributed by atoms with van der Waals surface area (Å²) in [6.07, 6.45) is 0. The van der Waals surface area contributed by atoms with Crippen LogP contribution >= 0.6 is 0 Å². The highest BCUT2D eigenvalue weighted by molar-refractivity contribution is 5.54. The van der Waals surface area contributed by atoms with Gasteiger partial charge in [0.1, 0.15) is 0 Å². The van der Waals surface area contributed by atoms with E-state index in [2.05, 4.69) is 60.4 Å². The van der Waals surface area contributed by atoms with Crippen molar-refractivity contribution in [2.24, 2.45) is 5.92 Å². The molecule has 1 aromatic carbocycles. The van der Waals surface area contributed by atoms with Crippen LogP contribution in [0.25, 0.3) is 0 Å². The second-order valence-electron chi connectivity index (χ2n) is 5.57. The molecule has 1 aliphatic heterocycles. The predicted octanol–water partition coefficient (Wildman–Crippen LogP) is 1.79. The Labute approximate surface area is 111 Å². The van der Waals surface area contributed by atoms with Gasteiger partial charge in [-0.25, -0.2) is 0 Å². The van der Waals surface area contributed by atoms with Crippen molar-refractivity contribution in [3.63, 3.8) is 0 Å². The number of anilines is 1. The molecule has 3 heteroatoms. The van der Waals surface area contributed by atoms with Crippen LogP contribution in [-0.2, 0) is 6.54 Å². The molecule has 0 radical (unpaired) electrons. The standard InChI is InChI=1S/C15H25N3/c1-12-10-18(11-15(12)17(3)4)14-8-6-5-7-13(14)9-16-2/h5-8,12,15-16H,9-11H2,1-4H3. The molecule has 1 N–H and O–H groups in total. The van der Waals surface area contributed by atoms with Crippen molar-refractivity contribution >= 4 is 5.69 Å². The van der Waals surface area contributed by atoms with Crippen molar-refractivity contribution in [2.45, 2.75) is 19.5 Å². The molecule has 100 valence electrons. The van der Waals surface area contributed by atoms with E-state index in [1.54, 1.807) is 0 Å². The van der Waals surface area contributed by atoms with Gasteiger partial charge in [-0.05, 0) is 38.7 Å². The molecule has 2 rings (SSSR count). The van der Waals surface area contributed by atoms with Crippen LogP contribution in [0.5, 0.6) is 0 Å². The first kappa shape index (κ1) is 13.4. The van der Waals surface area contributed by atoms with Gasteiger partial charge in [-0.15, -0.1) is 0 Å². The van der Waals surface area contributed by atoms with E-state index in [-0.39, 0.29) is 0 Å². The molecule has 1 heterocycles. The predicted molar refractivity (Wildman–Crippen MR) is 78.1 cm³/mol. The normalized spacial score (nSPS) is 23.9.